The molecule has 6 heteroatoms. The van der Waals surface area contributed by atoms with Crippen molar-refractivity contribution in [1.29, 1.82) is 0 Å². The van der Waals surface area contributed by atoms with Gasteiger partial charge >= 0.3 is 0 Å². The van der Waals surface area contributed by atoms with Gasteiger partial charge in [-0.2, -0.15) is 0 Å². The average Bonchev–Trinajstić information content (AvgIpc) is 2.54. The molecule has 0 aliphatic rings. The highest BCUT2D eigenvalue weighted by Crippen LogP contribution is 2.00. The minimum absolute atomic E-state index is 0.309. The Balaban J connectivity index is 2.20. The number of nitrogen functional groups attached to an aromatic ring is 1. The highest BCUT2D eigenvalue weighted by molar-refractivity contribution is 5.15. The SMILES string of the molecule is Nc1nnnn1Cc1cccnc1. The van der Waals surface area contributed by atoms with Crippen LogP contribution in [0.3, 0.4) is 0 Å². The molecule has 0 amide bonds. The molecule has 0 spiro atoms. The normalized spacial score (nSPS) is 10.2. The van der Waals surface area contributed by atoms with Gasteiger partial charge in [-0.15, -0.1) is 0 Å². The summed E-state index contributed by atoms with van der Waals surface area (Å²) in [7, 11) is 0. The van der Waals surface area contributed by atoms with E-state index < -0.39 is 0 Å². The van der Waals surface area contributed by atoms with Crippen molar-refractivity contribution < 1.29 is 0 Å². The number of nitrogens with zero attached hydrogens (tertiary/aromatic N) is 5. The van der Waals surface area contributed by atoms with E-state index in [0.717, 1.165) is 5.56 Å². The number of hydrogen-bond donors (Lipinski definition) is 1. The van der Waals surface area contributed by atoms with Gasteiger partial charge < -0.3 is 5.73 Å². The van der Waals surface area contributed by atoms with Crippen LogP contribution in [0.4, 0.5) is 5.95 Å². The van der Waals surface area contributed by atoms with E-state index in [1.165, 1.54) is 4.68 Å². The van der Waals surface area contributed by atoms with Crippen molar-refractivity contribution in [1.82, 2.24) is 25.2 Å². The summed E-state index contributed by atoms with van der Waals surface area (Å²) < 4.78 is 1.51. The second-order valence-electron chi connectivity index (χ2n) is 2.56. The Bertz CT molecular complexity index is 381. The zero-order valence-electron chi connectivity index (χ0n) is 6.83. The van der Waals surface area contributed by atoms with Crippen molar-refractivity contribution in [2.24, 2.45) is 0 Å². The Morgan fingerprint density at radius 1 is 1.46 bits per heavy atom. The van der Waals surface area contributed by atoms with Gasteiger partial charge in [0.25, 0.3) is 0 Å². The predicted octanol–water partition coefficient (Wildman–Crippen LogP) is -0.301. The molecule has 0 atom stereocenters. The quantitative estimate of drug-likeness (QED) is 0.679. The lowest BCUT2D eigenvalue weighted by molar-refractivity contribution is 0.653. The average molecular weight is 176 g/mol. The first-order valence-electron chi connectivity index (χ1n) is 3.77. The molecule has 2 aromatic rings. The van der Waals surface area contributed by atoms with Crippen molar-refractivity contribution in [2.45, 2.75) is 6.54 Å². The van der Waals surface area contributed by atoms with E-state index in [2.05, 4.69) is 20.5 Å². The second-order valence-corrected chi connectivity index (χ2v) is 2.56. The second kappa shape index (κ2) is 3.18. The highest BCUT2D eigenvalue weighted by Gasteiger charge is 2.00. The van der Waals surface area contributed by atoms with Gasteiger partial charge in [-0.3, -0.25) is 4.98 Å². The summed E-state index contributed by atoms with van der Waals surface area (Å²) in [6.45, 7) is 0.548. The molecule has 0 saturated carbocycles. The molecule has 0 radical (unpaired) electrons. The summed E-state index contributed by atoms with van der Waals surface area (Å²) >= 11 is 0. The van der Waals surface area contributed by atoms with Gasteiger partial charge in [-0.1, -0.05) is 11.2 Å². The van der Waals surface area contributed by atoms with Crippen LogP contribution in [-0.2, 0) is 6.54 Å². The van der Waals surface area contributed by atoms with E-state index in [1.807, 2.05) is 12.1 Å². The summed E-state index contributed by atoms with van der Waals surface area (Å²) in [6.07, 6.45) is 3.47. The maximum atomic E-state index is 5.49. The fraction of sp³-hybridized carbons (Fsp3) is 0.143. The van der Waals surface area contributed by atoms with E-state index in [4.69, 9.17) is 5.73 Å². The lowest BCUT2D eigenvalue weighted by Gasteiger charge is -1.99. The number of rotatable bonds is 2. The minimum atomic E-state index is 0.309. The van der Waals surface area contributed by atoms with Crippen LogP contribution in [-0.4, -0.2) is 25.2 Å². The third-order valence-electron chi connectivity index (χ3n) is 1.61. The Kier molecular flexibility index (Phi) is 1.87. The predicted molar refractivity (Wildman–Crippen MR) is 45.6 cm³/mol. The Morgan fingerprint density at radius 3 is 3.00 bits per heavy atom. The zero-order chi connectivity index (χ0) is 9.10. The lowest BCUT2D eigenvalue weighted by Crippen LogP contribution is -2.06. The number of anilines is 1. The van der Waals surface area contributed by atoms with Crippen LogP contribution in [0.25, 0.3) is 0 Å². The topological polar surface area (TPSA) is 82.5 Å². The first-order chi connectivity index (χ1) is 6.36. The first kappa shape index (κ1) is 7.66. The van der Waals surface area contributed by atoms with Crippen molar-refractivity contribution >= 4 is 5.95 Å². The number of hydrogen-bond acceptors (Lipinski definition) is 5. The number of pyridine rings is 1. The molecular weight excluding hydrogens is 168 g/mol. The summed E-state index contributed by atoms with van der Waals surface area (Å²) in [5.41, 5.74) is 6.51. The molecule has 6 nitrogen and oxygen atoms in total. The minimum Gasteiger partial charge on any atom is -0.367 e. The van der Waals surface area contributed by atoms with Gasteiger partial charge in [0, 0.05) is 12.4 Å². The molecule has 0 bridgehead atoms. The maximum Gasteiger partial charge on any atom is 0.240 e. The summed E-state index contributed by atoms with van der Waals surface area (Å²) in [5.74, 6) is 0.309. The van der Waals surface area contributed by atoms with E-state index in [1.54, 1.807) is 12.4 Å². The molecule has 0 aliphatic carbocycles. The van der Waals surface area contributed by atoms with Gasteiger partial charge in [0.15, 0.2) is 0 Å². The van der Waals surface area contributed by atoms with Crippen LogP contribution in [0, 0.1) is 0 Å². The third-order valence-corrected chi connectivity index (χ3v) is 1.61. The molecule has 2 rings (SSSR count). The van der Waals surface area contributed by atoms with E-state index in [-0.39, 0.29) is 0 Å². The third kappa shape index (κ3) is 1.61. The van der Waals surface area contributed by atoms with Crippen LogP contribution >= 0.6 is 0 Å². The van der Waals surface area contributed by atoms with Crippen LogP contribution in [0.5, 0.6) is 0 Å². The smallest absolute Gasteiger partial charge is 0.240 e. The largest absolute Gasteiger partial charge is 0.367 e. The van der Waals surface area contributed by atoms with Gasteiger partial charge in [0.05, 0.1) is 6.54 Å². The molecule has 0 saturated heterocycles. The van der Waals surface area contributed by atoms with Crippen molar-refractivity contribution in [3.63, 3.8) is 0 Å². The fourth-order valence-electron chi connectivity index (χ4n) is 0.989. The Labute approximate surface area is 74.4 Å². The Morgan fingerprint density at radius 2 is 2.38 bits per heavy atom. The summed E-state index contributed by atoms with van der Waals surface area (Å²) in [6, 6.07) is 3.80. The van der Waals surface area contributed by atoms with Crippen LogP contribution < -0.4 is 5.73 Å². The molecule has 0 aromatic carbocycles. The van der Waals surface area contributed by atoms with Crippen molar-refractivity contribution in [2.75, 3.05) is 5.73 Å². The maximum absolute atomic E-state index is 5.49. The lowest BCUT2D eigenvalue weighted by atomic mass is 10.3. The number of aromatic nitrogens is 5. The molecule has 0 aliphatic heterocycles. The molecule has 13 heavy (non-hydrogen) atoms. The molecule has 2 aromatic heterocycles. The molecule has 2 N–H and O–H groups in total. The molecule has 2 heterocycles. The first-order valence-corrected chi connectivity index (χ1v) is 3.77. The van der Waals surface area contributed by atoms with Gasteiger partial charge in [0.2, 0.25) is 5.95 Å². The zero-order valence-corrected chi connectivity index (χ0v) is 6.83. The summed E-state index contributed by atoms with van der Waals surface area (Å²) in [4.78, 5) is 3.97. The van der Waals surface area contributed by atoms with Crippen molar-refractivity contribution in [3.05, 3.63) is 30.1 Å². The Hall–Kier alpha value is -1.98. The van der Waals surface area contributed by atoms with E-state index in [0.29, 0.717) is 12.5 Å². The molecule has 0 fully saturated rings. The van der Waals surface area contributed by atoms with Gasteiger partial charge in [0.1, 0.15) is 0 Å². The number of nitrogens with two attached hydrogens (primary N) is 1. The van der Waals surface area contributed by atoms with Crippen LogP contribution in [0.1, 0.15) is 5.56 Å². The molecular formula is C7H8N6. The van der Waals surface area contributed by atoms with Gasteiger partial charge in [-0.25, -0.2) is 4.68 Å². The standard InChI is InChI=1S/C7H8N6/c8-7-10-11-12-13(7)5-6-2-1-3-9-4-6/h1-4H,5H2,(H2,8,10,12). The van der Waals surface area contributed by atoms with E-state index in [9.17, 15) is 0 Å². The van der Waals surface area contributed by atoms with Crippen molar-refractivity contribution in [3.8, 4) is 0 Å². The van der Waals surface area contributed by atoms with Gasteiger partial charge in [-0.05, 0) is 22.1 Å². The van der Waals surface area contributed by atoms with Crippen LogP contribution in [0.2, 0.25) is 0 Å². The fourth-order valence-corrected chi connectivity index (χ4v) is 0.989. The highest BCUT2D eigenvalue weighted by atomic mass is 15.6. The van der Waals surface area contributed by atoms with E-state index >= 15 is 0 Å². The van der Waals surface area contributed by atoms with Crippen LogP contribution in [0.15, 0.2) is 24.5 Å². The molecule has 66 valence electrons. The monoisotopic (exact) mass is 176 g/mol. The molecule has 0 unspecified atom stereocenters. The number of tetrazole rings is 1. The summed E-state index contributed by atoms with van der Waals surface area (Å²) in [5, 5.41) is 10.7.